The monoisotopic (exact) mass is 410 g/mol. The van der Waals surface area contributed by atoms with Crippen LogP contribution in [0.25, 0.3) is 0 Å². The van der Waals surface area contributed by atoms with Gasteiger partial charge in [-0.3, -0.25) is 4.79 Å². The van der Waals surface area contributed by atoms with Crippen LogP contribution in [0.3, 0.4) is 0 Å². The summed E-state index contributed by atoms with van der Waals surface area (Å²) in [4.78, 5) is 15.1. The highest BCUT2D eigenvalue weighted by Gasteiger charge is 2.50. The number of carbonyl (C=O) groups excluding carboxylic acids is 1. The molecule has 1 unspecified atom stereocenters. The molecular formula is C27H42N2O. The lowest BCUT2D eigenvalue weighted by molar-refractivity contribution is -0.133. The Bertz CT molecular complexity index is 694. The first-order valence-corrected chi connectivity index (χ1v) is 12.6. The van der Waals surface area contributed by atoms with Crippen molar-refractivity contribution in [3.63, 3.8) is 0 Å². The zero-order valence-corrected chi connectivity index (χ0v) is 19.3. The van der Waals surface area contributed by atoms with E-state index in [0.29, 0.717) is 28.7 Å². The first-order valence-electron chi connectivity index (χ1n) is 12.6. The Morgan fingerprint density at radius 2 is 1.90 bits per heavy atom. The molecule has 1 aliphatic heterocycles. The average Bonchev–Trinajstić information content (AvgIpc) is 2.78. The van der Waals surface area contributed by atoms with Crippen LogP contribution >= 0.6 is 0 Å². The molecule has 4 rings (SSSR count). The number of nitrogens with one attached hydrogen (secondary N) is 1. The van der Waals surface area contributed by atoms with E-state index in [1.165, 1.54) is 51.4 Å². The van der Waals surface area contributed by atoms with Gasteiger partial charge in [0.15, 0.2) is 0 Å². The molecule has 1 N–H and O–H groups in total. The molecule has 3 heteroatoms. The highest BCUT2D eigenvalue weighted by molar-refractivity contribution is 5.76. The van der Waals surface area contributed by atoms with Crippen molar-refractivity contribution in [2.45, 2.75) is 95.4 Å². The summed E-state index contributed by atoms with van der Waals surface area (Å²) in [5, 5.41) is 3.41. The van der Waals surface area contributed by atoms with Crippen molar-refractivity contribution in [3.8, 4) is 0 Å². The van der Waals surface area contributed by atoms with Crippen molar-refractivity contribution in [1.29, 1.82) is 0 Å². The van der Waals surface area contributed by atoms with Crippen molar-refractivity contribution in [2.75, 3.05) is 20.1 Å². The Kier molecular flexibility index (Phi) is 6.87. The molecule has 166 valence electrons. The summed E-state index contributed by atoms with van der Waals surface area (Å²) < 4.78 is 0. The molecule has 1 saturated heterocycles. The molecule has 1 heterocycles. The van der Waals surface area contributed by atoms with E-state index in [1.807, 2.05) is 7.05 Å². The first-order chi connectivity index (χ1) is 14.6. The van der Waals surface area contributed by atoms with E-state index >= 15 is 0 Å². The van der Waals surface area contributed by atoms with Gasteiger partial charge in [0.2, 0.25) is 5.91 Å². The molecular weight excluding hydrogens is 368 g/mol. The van der Waals surface area contributed by atoms with Crippen LogP contribution in [0.4, 0.5) is 0 Å². The normalized spacial score (nSPS) is 32.0. The molecule has 2 saturated carbocycles. The molecule has 0 radical (unpaired) electrons. The van der Waals surface area contributed by atoms with Gasteiger partial charge in [-0.15, -0.1) is 0 Å². The Hall–Kier alpha value is -1.35. The summed E-state index contributed by atoms with van der Waals surface area (Å²) in [5.74, 6) is 1.06. The van der Waals surface area contributed by atoms with Gasteiger partial charge in [0.1, 0.15) is 0 Å². The maximum atomic E-state index is 13.0. The van der Waals surface area contributed by atoms with Gasteiger partial charge in [-0.1, -0.05) is 50.1 Å². The number of nitrogens with zero attached hydrogens (tertiary/aromatic N) is 1. The van der Waals surface area contributed by atoms with E-state index in [0.717, 1.165) is 38.8 Å². The summed E-state index contributed by atoms with van der Waals surface area (Å²) in [6.45, 7) is 4.45. The minimum Gasteiger partial charge on any atom is -0.343 e. The largest absolute Gasteiger partial charge is 0.343 e. The summed E-state index contributed by atoms with van der Waals surface area (Å²) in [6, 6.07) is 11.8. The predicted molar refractivity (Wildman–Crippen MR) is 125 cm³/mol. The van der Waals surface area contributed by atoms with E-state index in [1.54, 1.807) is 5.56 Å². The average molecular weight is 411 g/mol. The minimum atomic E-state index is 0.349. The van der Waals surface area contributed by atoms with Crippen molar-refractivity contribution in [1.82, 2.24) is 10.2 Å². The third-order valence-electron chi connectivity index (χ3n) is 8.66. The summed E-state index contributed by atoms with van der Waals surface area (Å²) in [7, 11) is 2.04. The lowest BCUT2D eigenvalue weighted by Gasteiger charge is -2.56. The zero-order valence-electron chi connectivity index (χ0n) is 19.3. The maximum Gasteiger partial charge on any atom is 0.222 e. The van der Waals surface area contributed by atoms with Crippen molar-refractivity contribution >= 4 is 5.91 Å². The highest BCUT2D eigenvalue weighted by atomic mass is 16.2. The number of hydrogen-bond donors (Lipinski definition) is 1. The molecule has 1 aromatic rings. The fourth-order valence-corrected chi connectivity index (χ4v) is 7.39. The van der Waals surface area contributed by atoms with Crippen LogP contribution in [0.2, 0.25) is 0 Å². The molecule has 0 spiro atoms. The molecule has 0 aromatic heterocycles. The van der Waals surface area contributed by atoms with Crippen LogP contribution in [0.15, 0.2) is 30.3 Å². The second-order valence-electron chi connectivity index (χ2n) is 10.7. The SMILES string of the molecule is CCC[C@@]12CCC[C@@](c3ccccc3)(CC(CCC(=O)N(C)C3CCNCC3)C1)C2. The minimum absolute atomic E-state index is 0.349. The van der Waals surface area contributed by atoms with Gasteiger partial charge in [0.05, 0.1) is 0 Å². The molecule has 3 nitrogen and oxygen atoms in total. The van der Waals surface area contributed by atoms with Crippen LogP contribution in [-0.2, 0) is 10.2 Å². The standard InChI is InChI=1S/C27H42N2O/c1-3-14-26-15-7-16-27(21-26,23-8-5-4-6-9-23)20-22(19-26)10-11-25(30)29(2)24-12-17-28-18-13-24/h4-6,8-9,22,24,28H,3,7,10-21H2,1-2H3/t22?,26-,27-/m1/s1. The number of amides is 1. The summed E-state index contributed by atoms with van der Waals surface area (Å²) >= 11 is 0. The topological polar surface area (TPSA) is 32.3 Å². The fraction of sp³-hybridized carbons (Fsp3) is 0.741. The lowest BCUT2D eigenvalue weighted by atomic mass is 9.49. The molecule has 2 aliphatic carbocycles. The third kappa shape index (κ3) is 4.61. The quantitative estimate of drug-likeness (QED) is 0.627. The first kappa shape index (κ1) is 21.9. The summed E-state index contributed by atoms with van der Waals surface area (Å²) in [6.07, 6.45) is 14.8. The van der Waals surface area contributed by atoms with Gasteiger partial charge >= 0.3 is 0 Å². The van der Waals surface area contributed by atoms with Crippen LogP contribution in [0, 0.1) is 11.3 Å². The van der Waals surface area contributed by atoms with Crippen LogP contribution in [0.1, 0.15) is 89.5 Å². The van der Waals surface area contributed by atoms with E-state index in [9.17, 15) is 4.79 Å². The molecule has 3 fully saturated rings. The van der Waals surface area contributed by atoms with Gasteiger partial charge in [-0.2, -0.15) is 0 Å². The lowest BCUT2D eigenvalue weighted by Crippen LogP contribution is -2.47. The Morgan fingerprint density at radius 3 is 2.63 bits per heavy atom. The number of carbonyl (C=O) groups is 1. The van der Waals surface area contributed by atoms with Gasteiger partial charge in [-0.25, -0.2) is 0 Å². The Balaban J connectivity index is 1.45. The van der Waals surface area contributed by atoms with E-state index in [4.69, 9.17) is 0 Å². The van der Waals surface area contributed by atoms with Crippen molar-refractivity contribution < 1.29 is 4.79 Å². The van der Waals surface area contributed by atoms with Crippen LogP contribution < -0.4 is 5.32 Å². The van der Waals surface area contributed by atoms with Crippen LogP contribution in [0.5, 0.6) is 0 Å². The third-order valence-corrected chi connectivity index (χ3v) is 8.66. The molecule has 30 heavy (non-hydrogen) atoms. The van der Waals surface area contributed by atoms with Gasteiger partial charge < -0.3 is 10.2 Å². The number of piperidine rings is 1. The number of fused-ring (bicyclic) bond motifs is 2. The fourth-order valence-electron chi connectivity index (χ4n) is 7.39. The van der Waals surface area contributed by atoms with Gasteiger partial charge in [-0.05, 0) is 93.2 Å². The maximum absolute atomic E-state index is 13.0. The van der Waals surface area contributed by atoms with Crippen LogP contribution in [-0.4, -0.2) is 37.0 Å². The highest BCUT2D eigenvalue weighted by Crippen LogP contribution is 2.60. The Morgan fingerprint density at radius 1 is 1.13 bits per heavy atom. The van der Waals surface area contributed by atoms with Crippen molar-refractivity contribution in [3.05, 3.63) is 35.9 Å². The van der Waals surface area contributed by atoms with E-state index in [2.05, 4.69) is 47.5 Å². The smallest absolute Gasteiger partial charge is 0.222 e. The van der Waals surface area contributed by atoms with E-state index in [-0.39, 0.29) is 0 Å². The number of rotatable bonds is 7. The van der Waals surface area contributed by atoms with E-state index < -0.39 is 0 Å². The van der Waals surface area contributed by atoms with Gasteiger partial charge in [0, 0.05) is 19.5 Å². The number of hydrogen-bond acceptors (Lipinski definition) is 2. The Labute approximate surface area is 184 Å². The second kappa shape index (κ2) is 9.42. The molecule has 3 aliphatic rings. The summed E-state index contributed by atoms with van der Waals surface area (Å²) in [5.41, 5.74) is 2.42. The molecule has 1 aromatic carbocycles. The molecule has 1 amide bonds. The van der Waals surface area contributed by atoms with Gasteiger partial charge in [0.25, 0.3) is 0 Å². The molecule has 2 bridgehead atoms. The number of benzene rings is 1. The molecule has 3 atom stereocenters. The predicted octanol–water partition coefficient (Wildman–Crippen LogP) is 5.69. The zero-order chi connectivity index (χ0) is 21.0. The van der Waals surface area contributed by atoms with Crippen molar-refractivity contribution in [2.24, 2.45) is 11.3 Å². The second-order valence-corrected chi connectivity index (χ2v) is 10.7.